The number of carbonyl (C=O) groups excluding carboxylic acids is 1. The molecule has 1 unspecified atom stereocenters. The summed E-state index contributed by atoms with van der Waals surface area (Å²) in [5.74, 6) is 0.635. The van der Waals surface area contributed by atoms with Crippen molar-refractivity contribution >= 4 is 17.5 Å². The van der Waals surface area contributed by atoms with E-state index in [1.54, 1.807) is 25.1 Å². The lowest BCUT2D eigenvalue weighted by molar-refractivity contribution is -0.132. The topological polar surface area (TPSA) is 49.8 Å². The Labute approximate surface area is 118 Å². The van der Waals surface area contributed by atoms with Crippen LogP contribution in [0.5, 0.6) is 5.75 Å². The normalized spacial score (nSPS) is 12.1. The van der Waals surface area contributed by atoms with Crippen molar-refractivity contribution < 1.29 is 14.6 Å². The van der Waals surface area contributed by atoms with E-state index in [-0.39, 0.29) is 18.6 Å². The summed E-state index contributed by atoms with van der Waals surface area (Å²) in [5, 5.41) is 9.55. The van der Waals surface area contributed by atoms with Gasteiger partial charge in [-0.25, -0.2) is 0 Å². The van der Waals surface area contributed by atoms with Crippen LogP contribution >= 0.6 is 11.6 Å². The molecule has 1 aromatic rings. The molecule has 0 aliphatic rings. The number of aliphatic hydroxyl groups is 1. The van der Waals surface area contributed by atoms with Gasteiger partial charge in [0.2, 0.25) is 5.91 Å². The number of ether oxygens (including phenoxy) is 1. The average molecular weight is 286 g/mol. The molecule has 0 fully saturated rings. The molecular weight excluding hydrogens is 266 g/mol. The van der Waals surface area contributed by atoms with Crippen molar-refractivity contribution in [3.63, 3.8) is 0 Å². The lowest BCUT2D eigenvalue weighted by atomic mass is 10.1. The number of aliphatic hydroxyl groups excluding tert-OH is 1. The molecule has 0 aromatic heterocycles. The second kappa shape index (κ2) is 7.36. The standard InChI is InChI=1S/C14H20ClNO3/c1-10(9-17)16(2)14(18)7-5-11-4-6-13(19-3)12(15)8-11/h4,6,8,10,17H,5,7,9H2,1-3H3. The summed E-state index contributed by atoms with van der Waals surface area (Å²) in [5.41, 5.74) is 0.990. The number of hydrogen-bond donors (Lipinski definition) is 1. The Balaban J connectivity index is 2.57. The summed E-state index contributed by atoms with van der Waals surface area (Å²) in [6, 6.07) is 5.34. The first-order valence-corrected chi connectivity index (χ1v) is 6.56. The minimum absolute atomic E-state index is 0.00786. The number of aryl methyl sites for hydroxylation is 1. The largest absolute Gasteiger partial charge is 0.495 e. The van der Waals surface area contributed by atoms with Crippen LogP contribution in [-0.2, 0) is 11.2 Å². The monoisotopic (exact) mass is 285 g/mol. The van der Waals surface area contributed by atoms with Gasteiger partial charge < -0.3 is 14.7 Å². The van der Waals surface area contributed by atoms with E-state index in [9.17, 15) is 4.79 Å². The number of hydrogen-bond acceptors (Lipinski definition) is 3. The van der Waals surface area contributed by atoms with Crippen LogP contribution in [0.4, 0.5) is 0 Å². The van der Waals surface area contributed by atoms with Gasteiger partial charge in [-0.3, -0.25) is 4.79 Å². The van der Waals surface area contributed by atoms with E-state index < -0.39 is 0 Å². The number of methoxy groups -OCH3 is 1. The van der Waals surface area contributed by atoms with Crippen molar-refractivity contribution in [3.8, 4) is 5.75 Å². The van der Waals surface area contributed by atoms with E-state index in [0.29, 0.717) is 23.6 Å². The summed E-state index contributed by atoms with van der Waals surface area (Å²) < 4.78 is 5.07. The van der Waals surface area contributed by atoms with E-state index in [4.69, 9.17) is 21.4 Å². The fourth-order valence-electron chi connectivity index (χ4n) is 1.66. The molecule has 4 nitrogen and oxygen atoms in total. The highest BCUT2D eigenvalue weighted by atomic mass is 35.5. The number of amides is 1. The first-order chi connectivity index (χ1) is 8.99. The Morgan fingerprint density at radius 3 is 2.74 bits per heavy atom. The van der Waals surface area contributed by atoms with Gasteiger partial charge in [-0.1, -0.05) is 17.7 Å². The van der Waals surface area contributed by atoms with Crippen LogP contribution in [0.25, 0.3) is 0 Å². The molecule has 0 aliphatic carbocycles. The fraction of sp³-hybridized carbons (Fsp3) is 0.500. The Morgan fingerprint density at radius 1 is 1.53 bits per heavy atom. The zero-order valence-electron chi connectivity index (χ0n) is 11.5. The molecule has 1 atom stereocenters. The molecule has 0 aliphatic heterocycles. The summed E-state index contributed by atoms with van der Waals surface area (Å²) in [6.07, 6.45) is 1.01. The summed E-state index contributed by atoms with van der Waals surface area (Å²) in [7, 11) is 3.26. The van der Waals surface area contributed by atoms with E-state index >= 15 is 0 Å². The number of rotatable bonds is 6. The van der Waals surface area contributed by atoms with Crippen molar-refractivity contribution in [1.82, 2.24) is 4.90 Å². The van der Waals surface area contributed by atoms with Crippen molar-refractivity contribution in [1.29, 1.82) is 0 Å². The molecule has 0 spiro atoms. The molecular formula is C14H20ClNO3. The Kier molecular flexibility index (Phi) is 6.12. The van der Waals surface area contributed by atoms with Crippen LogP contribution in [0.2, 0.25) is 5.02 Å². The first-order valence-electron chi connectivity index (χ1n) is 6.18. The Bertz CT molecular complexity index is 437. The maximum atomic E-state index is 11.9. The van der Waals surface area contributed by atoms with Crippen LogP contribution < -0.4 is 4.74 Å². The SMILES string of the molecule is COc1ccc(CCC(=O)N(C)C(C)CO)cc1Cl. The van der Waals surface area contributed by atoms with Crippen molar-refractivity contribution in [2.75, 3.05) is 20.8 Å². The highest BCUT2D eigenvalue weighted by molar-refractivity contribution is 6.32. The highest BCUT2D eigenvalue weighted by Crippen LogP contribution is 2.25. The zero-order chi connectivity index (χ0) is 14.4. The van der Waals surface area contributed by atoms with Gasteiger partial charge >= 0.3 is 0 Å². The Morgan fingerprint density at radius 2 is 2.21 bits per heavy atom. The maximum absolute atomic E-state index is 11.9. The predicted molar refractivity (Wildman–Crippen MR) is 75.6 cm³/mol. The third-order valence-electron chi connectivity index (χ3n) is 3.16. The lowest BCUT2D eigenvalue weighted by Gasteiger charge is -2.23. The van der Waals surface area contributed by atoms with E-state index in [2.05, 4.69) is 0 Å². The first kappa shape index (κ1) is 15.8. The number of halogens is 1. The van der Waals surface area contributed by atoms with Crippen LogP contribution in [0.15, 0.2) is 18.2 Å². The molecule has 0 saturated carbocycles. The molecule has 1 aromatic carbocycles. The maximum Gasteiger partial charge on any atom is 0.222 e. The summed E-state index contributed by atoms with van der Waals surface area (Å²) in [6.45, 7) is 1.78. The van der Waals surface area contributed by atoms with Gasteiger partial charge in [0, 0.05) is 13.5 Å². The second-order valence-corrected chi connectivity index (χ2v) is 4.91. The average Bonchev–Trinajstić information content (AvgIpc) is 2.43. The lowest BCUT2D eigenvalue weighted by Crippen LogP contribution is -2.37. The van der Waals surface area contributed by atoms with Gasteiger partial charge in [-0.15, -0.1) is 0 Å². The number of nitrogens with zero attached hydrogens (tertiary/aromatic N) is 1. The molecule has 1 amide bonds. The van der Waals surface area contributed by atoms with Crippen molar-refractivity contribution in [3.05, 3.63) is 28.8 Å². The number of likely N-dealkylation sites (N-methyl/N-ethyl adjacent to an activating group) is 1. The van der Waals surface area contributed by atoms with Crippen LogP contribution in [0.1, 0.15) is 18.9 Å². The fourth-order valence-corrected chi connectivity index (χ4v) is 1.94. The predicted octanol–water partition coefficient (Wildman–Crippen LogP) is 2.12. The smallest absolute Gasteiger partial charge is 0.222 e. The van der Waals surface area contributed by atoms with Gasteiger partial charge in [0.1, 0.15) is 5.75 Å². The zero-order valence-corrected chi connectivity index (χ0v) is 12.3. The van der Waals surface area contributed by atoms with Crippen molar-refractivity contribution in [2.24, 2.45) is 0 Å². The molecule has 1 N–H and O–H groups in total. The van der Waals surface area contributed by atoms with Gasteiger partial charge in [-0.05, 0) is 31.0 Å². The molecule has 0 bridgehead atoms. The third kappa shape index (κ3) is 4.40. The van der Waals surface area contributed by atoms with Crippen LogP contribution in [0, 0.1) is 0 Å². The molecule has 0 saturated heterocycles. The molecule has 106 valence electrons. The quantitative estimate of drug-likeness (QED) is 0.871. The molecule has 0 radical (unpaired) electrons. The minimum atomic E-state index is -0.160. The van der Waals surface area contributed by atoms with Gasteiger partial charge in [0.15, 0.2) is 0 Å². The number of benzene rings is 1. The summed E-state index contributed by atoms with van der Waals surface area (Å²) >= 11 is 6.03. The van der Waals surface area contributed by atoms with E-state index in [0.717, 1.165) is 5.56 Å². The second-order valence-electron chi connectivity index (χ2n) is 4.51. The van der Waals surface area contributed by atoms with Crippen molar-refractivity contribution in [2.45, 2.75) is 25.8 Å². The minimum Gasteiger partial charge on any atom is -0.495 e. The molecule has 5 heteroatoms. The van der Waals surface area contributed by atoms with Crippen LogP contribution in [-0.4, -0.2) is 42.7 Å². The molecule has 1 rings (SSSR count). The summed E-state index contributed by atoms with van der Waals surface area (Å²) in [4.78, 5) is 13.4. The third-order valence-corrected chi connectivity index (χ3v) is 3.46. The highest BCUT2D eigenvalue weighted by Gasteiger charge is 2.14. The van der Waals surface area contributed by atoms with Crippen LogP contribution in [0.3, 0.4) is 0 Å². The molecule has 19 heavy (non-hydrogen) atoms. The molecule has 0 heterocycles. The Hall–Kier alpha value is -1.26. The van der Waals surface area contributed by atoms with Gasteiger partial charge in [-0.2, -0.15) is 0 Å². The van der Waals surface area contributed by atoms with Gasteiger partial charge in [0.05, 0.1) is 24.8 Å². The van der Waals surface area contributed by atoms with E-state index in [1.165, 1.54) is 0 Å². The van der Waals surface area contributed by atoms with Gasteiger partial charge in [0.25, 0.3) is 0 Å². The van der Waals surface area contributed by atoms with E-state index in [1.807, 2.05) is 19.1 Å². The number of carbonyl (C=O) groups is 1.